The van der Waals surface area contributed by atoms with Crippen molar-refractivity contribution in [2.45, 2.75) is 0 Å². The highest BCUT2D eigenvalue weighted by Gasteiger charge is 2.41. The first kappa shape index (κ1) is 36.6. The molecule has 0 amide bonds. The summed E-state index contributed by atoms with van der Waals surface area (Å²) < 4.78 is 8.62. The van der Waals surface area contributed by atoms with Crippen LogP contribution in [0.1, 0.15) is 0 Å². The van der Waals surface area contributed by atoms with Crippen LogP contribution in [0, 0.1) is 0 Å². The van der Waals surface area contributed by atoms with Gasteiger partial charge in [-0.2, -0.15) is 0 Å². The van der Waals surface area contributed by atoms with Gasteiger partial charge in [-0.05, 0) is 63.2 Å². The van der Waals surface area contributed by atoms with Gasteiger partial charge in [0.2, 0.25) is 0 Å². The average Bonchev–Trinajstić information content (AvgIpc) is 3.92. The molecule has 0 radical (unpaired) electrons. The topological polar surface area (TPSA) is 69.6 Å². The summed E-state index contributed by atoms with van der Waals surface area (Å²) in [5, 5.41) is 9.46. The number of pyridine rings is 1. The molecule has 0 atom stereocenters. The highest BCUT2D eigenvalue weighted by atomic mass is 28.3. The third-order valence-corrected chi connectivity index (χ3v) is 17.1. The maximum absolute atomic E-state index is 6.30. The number of para-hydroxylation sites is 3. The van der Waals surface area contributed by atoms with Crippen molar-refractivity contribution < 1.29 is 4.42 Å². The molecule has 0 aliphatic rings. The molecule has 4 aromatic heterocycles. The van der Waals surface area contributed by atoms with E-state index in [1.54, 1.807) is 6.20 Å². The second kappa shape index (κ2) is 15.0. The minimum atomic E-state index is -2.85. The first-order chi connectivity index (χ1) is 31.2. The van der Waals surface area contributed by atoms with E-state index >= 15 is 0 Å². The summed E-state index contributed by atoms with van der Waals surface area (Å²) in [6.07, 6.45) is 3.60. The molecule has 12 rings (SSSR count). The first-order valence-electron chi connectivity index (χ1n) is 21.1. The molecule has 0 fully saturated rings. The molecule has 296 valence electrons. The van der Waals surface area contributed by atoms with E-state index in [2.05, 4.69) is 204 Å². The van der Waals surface area contributed by atoms with Crippen molar-refractivity contribution in [2.75, 3.05) is 0 Å². The number of benzene rings is 8. The Balaban J connectivity index is 1.07. The van der Waals surface area contributed by atoms with Crippen LogP contribution < -0.4 is 20.7 Å². The molecule has 0 unspecified atom stereocenters. The number of hydrogen-bond donors (Lipinski definition) is 0. The third-order valence-electron chi connectivity index (χ3n) is 12.3. The van der Waals surface area contributed by atoms with E-state index < -0.39 is 8.07 Å². The highest BCUT2D eigenvalue weighted by molar-refractivity contribution is 7.19. The lowest BCUT2D eigenvalue weighted by Crippen LogP contribution is -2.74. The molecule has 0 aliphatic heterocycles. The van der Waals surface area contributed by atoms with E-state index in [1.165, 1.54) is 31.5 Å². The van der Waals surface area contributed by atoms with E-state index in [1.807, 2.05) is 24.4 Å². The average molecular weight is 824 g/mol. The fraction of sp³-hybridized carbons (Fsp3) is 0. The fourth-order valence-corrected chi connectivity index (χ4v) is 14.3. The maximum Gasteiger partial charge on any atom is 0.179 e. The van der Waals surface area contributed by atoms with Crippen LogP contribution in [0.4, 0.5) is 0 Å². The molecule has 0 saturated heterocycles. The van der Waals surface area contributed by atoms with Crippen molar-refractivity contribution in [3.05, 3.63) is 225 Å². The second-order valence-electron chi connectivity index (χ2n) is 15.8. The molecule has 8 aromatic carbocycles. The van der Waals surface area contributed by atoms with E-state index in [4.69, 9.17) is 19.4 Å². The van der Waals surface area contributed by atoms with Crippen LogP contribution in [0.3, 0.4) is 0 Å². The molecule has 0 spiro atoms. The van der Waals surface area contributed by atoms with Crippen molar-refractivity contribution in [2.24, 2.45) is 0 Å². The number of hydrogen-bond acceptors (Lipinski definition) is 5. The van der Waals surface area contributed by atoms with Crippen molar-refractivity contribution >= 4 is 72.6 Å². The Morgan fingerprint density at radius 3 is 1.51 bits per heavy atom. The van der Waals surface area contributed by atoms with Crippen molar-refractivity contribution in [3.8, 4) is 39.9 Å². The summed E-state index contributed by atoms with van der Waals surface area (Å²) in [5.74, 6) is 1.66. The summed E-state index contributed by atoms with van der Waals surface area (Å²) >= 11 is 0. The smallest absolute Gasteiger partial charge is 0.179 e. The monoisotopic (exact) mass is 823 g/mol. The number of fused-ring (bicyclic) bond motifs is 6. The van der Waals surface area contributed by atoms with Gasteiger partial charge in [0, 0.05) is 50.1 Å². The molecule has 7 heteroatoms. The Hall–Kier alpha value is -8.26. The van der Waals surface area contributed by atoms with E-state index in [0.717, 1.165) is 49.8 Å². The number of aromatic nitrogens is 5. The Morgan fingerprint density at radius 2 is 0.889 bits per heavy atom. The van der Waals surface area contributed by atoms with Gasteiger partial charge in [0.15, 0.2) is 31.1 Å². The lowest BCUT2D eigenvalue weighted by molar-refractivity contribution is 0.667. The minimum Gasteiger partial charge on any atom is -0.454 e. The van der Waals surface area contributed by atoms with Gasteiger partial charge in [-0.25, -0.2) is 15.0 Å². The van der Waals surface area contributed by atoms with E-state index in [9.17, 15) is 0 Å². The molecule has 4 heterocycles. The Labute approximate surface area is 364 Å². The van der Waals surface area contributed by atoms with Gasteiger partial charge >= 0.3 is 0 Å². The zero-order chi connectivity index (χ0) is 41.7. The normalized spacial score (nSPS) is 11.8. The summed E-state index contributed by atoms with van der Waals surface area (Å²) in [7, 11) is -2.85. The van der Waals surface area contributed by atoms with Crippen LogP contribution >= 0.6 is 0 Å². The van der Waals surface area contributed by atoms with Crippen molar-refractivity contribution in [1.82, 2.24) is 24.5 Å². The van der Waals surface area contributed by atoms with Gasteiger partial charge in [0.1, 0.15) is 5.58 Å². The van der Waals surface area contributed by atoms with Crippen LogP contribution in [-0.2, 0) is 0 Å². The van der Waals surface area contributed by atoms with Gasteiger partial charge in [0.25, 0.3) is 0 Å². The molecule has 63 heavy (non-hydrogen) atoms. The minimum absolute atomic E-state index is 0.522. The standard InChI is InChI=1S/C56H37N5OSi/c1-4-18-41(19-5-1)63(42-20-6-2-7-21-42,43-22-8-3-9-23-43)44-24-16-17-39(35-44)55-58-54(59-56(60-55)48-36-57-37-52-53(48)47-27-12-15-30-51(47)62-52)38-31-33-40(34-32-38)61-49-28-13-10-25-45(49)46-26-11-14-29-50(46)61/h1-37H. The summed E-state index contributed by atoms with van der Waals surface area (Å²) in [4.78, 5) is 20.5. The summed E-state index contributed by atoms with van der Waals surface area (Å²) in [6, 6.07) is 75.5. The highest BCUT2D eigenvalue weighted by Crippen LogP contribution is 2.37. The van der Waals surface area contributed by atoms with Crippen LogP contribution in [-0.4, -0.2) is 32.6 Å². The zero-order valence-electron chi connectivity index (χ0n) is 34.0. The number of rotatable bonds is 8. The van der Waals surface area contributed by atoms with Crippen LogP contribution in [0.25, 0.3) is 83.6 Å². The van der Waals surface area contributed by atoms with Crippen molar-refractivity contribution in [1.29, 1.82) is 0 Å². The van der Waals surface area contributed by atoms with Crippen LogP contribution in [0.15, 0.2) is 229 Å². The van der Waals surface area contributed by atoms with Gasteiger partial charge < -0.3 is 8.98 Å². The lowest BCUT2D eigenvalue weighted by atomic mass is 10.1. The van der Waals surface area contributed by atoms with E-state index in [0.29, 0.717) is 23.1 Å². The van der Waals surface area contributed by atoms with Gasteiger partial charge in [-0.15, -0.1) is 0 Å². The lowest BCUT2D eigenvalue weighted by Gasteiger charge is -2.34. The maximum atomic E-state index is 6.30. The molecule has 0 aliphatic carbocycles. The van der Waals surface area contributed by atoms with Gasteiger partial charge in [-0.1, -0.05) is 170 Å². The molecule has 0 bridgehead atoms. The largest absolute Gasteiger partial charge is 0.454 e. The first-order valence-corrected chi connectivity index (χ1v) is 23.1. The van der Waals surface area contributed by atoms with Gasteiger partial charge in [0.05, 0.1) is 17.2 Å². The molecule has 0 saturated carbocycles. The predicted octanol–water partition coefficient (Wildman–Crippen LogP) is 10.6. The SMILES string of the molecule is c1ccc([Si](c2ccccc2)(c2ccccc2)c2cccc(-c3nc(-c4ccc(-n5c6ccccc6c6ccccc65)cc4)nc(-c4cncc5oc6ccccc6c45)n3)c2)cc1. The molecular formula is C56H37N5OSi. The molecule has 12 aromatic rings. The van der Waals surface area contributed by atoms with Crippen LogP contribution in [0.5, 0.6) is 0 Å². The fourth-order valence-electron chi connectivity index (χ4n) is 9.52. The summed E-state index contributed by atoms with van der Waals surface area (Å²) in [5.41, 5.74) is 7.39. The molecular weight excluding hydrogens is 787 g/mol. The Kier molecular flexibility index (Phi) is 8.72. The van der Waals surface area contributed by atoms with Gasteiger partial charge in [-0.3, -0.25) is 4.98 Å². The molecule has 0 N–H and O–H groups in total. The number of nitrogens with zero attached hydrogens (tertiary/aromatic N) is 5. The predicted molar refractivity (Wildman–Crippen MR) is 259 cm³/mol. The number of furan rings is 1. The van der Waals surface area contributed by atoms with E-state index in [-0.39, 0.29) is 0 Å². The Bertz CT molecular complexity index is 3470. The van der Waals surface area contributed by atoms with Crippen LogP contribution in [0.2, 0.25) is 0 Å². The zero-order valence-corrected chi connectivity index (χ0v) is 35.0. The van der Waals surface area contributed by atoms with Crippen molar-refractivity contribution in [3.63, 3.8) is 0 Å². The summed E-state index contributed by atoms with van der Waals surface area (Å²) in [6.45, 7) is 0. The third kappa shape index (κ3) is 6.01. The Morgan fingerprint density at radius 1 is 0.381 bits per heavy atom. The second-order valence-corrected chi connectivity index (χ2v) is 19.6. The quantitative estimate of drug-likeness (QED) is 0.113. The molecule has 6 nitrogen and oxygen atoms in total.